The van der Waals surface area contributed by atoms with E-state index in [1.165, 1.54) is 87.5 Å². The maximum absolute atomic E-state index is 2.46. The third-order valence-corrected chi connectivity index (χ3v) is 10.8. The summed E-state index contributed by atoms with van der Waals surface area (Å²) in [6, 6.07) is 60.5. The van der Waals surface area contributed by atoms with Crippen LogP contribution in [0.3, 0.4) is 0 Å². The second kappa shape index (κ2) is 10.0. The zero-order valence-electron chi connectivity index (χ0n) is 27.0. The highest BCUT2D eigenvalue weighted by atomic mass is 15.1. The van der Waals surface area contributed by atoms with Crippen LogP contribution < -0.4 is 4.90 Å². The lowest BCUT2D eigenvalue weighted by molar-refractivity contribution is 0.661. The van der Waals surface area contributed by atoms with Crippen LogP contribution in [-0.4, -0.2) is 0 Å². The van der Waals surface area contributed by atoms with Gasteiger partial charge in [0.1, 0.15) is 0 Å². The van der Waals surface area contributed by atoms with Crippen LogP contribution >= 0.6 is 0 Å². The minimum absolute atomic E-state index is 0.182. The SMILES string of the molecule is CC1(C)c2cc(N(c3ccccc3)c3cccc4ccccc34)ccc2-c2c1ccc1c3ccccc3c3ccc4ccccc4c3c21. The highest BCUT2D eigenvalue weighted by Gasteiger charge is 2.38. The Morgan fingerprint density at radius 2 is 1.00 bits per heavy atom. The Hall–Kier alpha value is -5.92. The van der Waals surface area contributed by atoms with Crippen LogP contribution in [0.15, 0.2) is 164 Å². The molecule has 0 heterocycles. The fraction of sp³-hybridized carbons (Fsp3) is 0.0638. The molecule has 226 valence electrons. The van der Waals surface area contributed by atoms with E-state index in [-0.39, 0.29) is 5.41 Å². The molecule has 0 atom stereocenters. The van der Waals surface area contributed by atoms with Crippen molar-refractivity contribution in [1.82, 2.24) is 0 Å². The average molecular weight is 612 g/mol. The lowest BCUT2D eigenvalue weighted by atomic mass is 9.81. The van der Waals surface area contributed by atoms with Crippen molar-refractivity contribution >= 4 is 70.9 Å². The van der Waals surface area contributed by atoms with Gasteiger partial charge in [-0.25, -0.2) is 0 Å². The number of fused-ring (bicyclic) bond motifs is 13. The quantitative estimate of drug-likeness (QED) is 0.180. The second-order valence-corrected chi connectivity index (χ2v) is 13.7. The summed E-state index contributed by atoms with van der Waals surface area (Å²) in [4.78, 5) is 2.43. The summed E-state index contributed by atoms with van der Waals surface area (Å²) in [7, 11) is 0. The van der Waals surface area contributed by atoms with Gasteiger partial charge in [0.25, 0.3) is 0 Å². The van der Waals surface area contributed by atoms with Gasteiger partial charge in [0.15, 0.2) is 0 Å². The van der Waals surface area contributed by atoms with Crippen LogP contribution in [-0.2, 0) is 5.41 Å². The molecule has 0 bridgehead atoms. The van der Waals surface area contributed by atoms with Gasteiger partial charge in [-0.1, -0.05) is 147 Å². The van der Waals surface area contributed by atoms with E-state index in [4.69, 9.17) is 0 Å². The van der Waals surface area contributed by atoms with E-state index in [1.807, 2.05) is 0 Å². The van der Waals surface area contributed by atoms with Gasteiger partial charge in [-0.05, 0) is 101 Å². The Kier molecular flexibility index (Phi) is 5.69. The first-order chi connectivity index (χ1) is 23.6. The molecule has 1 heteroatoms. The first-order valence-electron chi connectivity index (χ1n) is 16.9. The third-order valence-electron chi connectivity index (χ3n) is 10.8. The smallest absolute Gasteiger partial charge is 0.0540 e. The molecule has 0 radical (unpaired) electrons. The van der Waals surface area contributed by atoms with Crippen molar-refractivity contribution in [1.29, 1.82) is 0 Å². The molecule has 0 amide bonds. The van der Waals surface area contributed by atoms with E-state index in [9.17, 15) is 0 Å². The normalized spacial score (nSPS) is 13.4. The Bertz CT molecular complexity index is 2750. The van der Waals surface area contributed by atoms with Crippen molar-refractivity contribution in [2.24, 2.45) is 0 Å². The van der Waals surface area contributed by atoms with Crippen LogP contribution in [0.1, 0.15) is 25.0 Å². The first kappa shape index (κ1) is 27.2. The number of hydrogen-bond acceptors (Lipinski definition) is 1. The number of hydrogen-bond donors (Lipinski definition) is 0. The van der Waals surface area contributed by atoms with Crippen LogP contribution in [0.25, 0.3) is 65.0 Å². The van der Waals surface area contributed by atoms with Gasteiger partial charge in [0.05, 0.1) is 5.69 Å². The molecule has 48 heavy (non-hydrogen) atoms. The molecule has 0 saturated carbocycles. The van der Waals surface area contributed by atoms with Crippen LogP contribution in [0.5, 0.6) is 0 Å². The fourth-order valence-corrected chi connectivity index (χ4v) is 8.56. The number of anilines is 3. The molecular formula is C47H33N. The van der Waals surface area contributed by atoms with Crippen molar-refractivity contribution in [2.75, 3.05) is 4.90 Å². The molecule has 1 aliphatic carbocycles. The van der Waals surface area contributed by atoms with Gasteiger partial charge in [-0.3, -0.25) is 0 Å². The largest absolute Gasteiger partial charge is 0.310 e. The van der Waals surface area contributed by atoms with E-state index in [1.54, 1.807) is 0 Å². The molecule has 1 nitrogen and oxygen atoms in total. The van der Waals surface area contributed by atoms with Crippen molar-refractivity contribution in [3.63, 3.8) is 0 Å². The van der Waals surface area contributed by atoms with Gasteiger partial charge in [0, 0.05) is 22.2 Å². The Morgan fingerprint density at radius 1 is 0.396 bits per heavy atom. The Labute approximate surface area is 280 Å². The van der Waals surface area contributed by atoms with Gasteiger partial charge < -0.3 is 4.90 Å². The molecule has 0 N–H and O–H groups in total. The summed E-state index contributed by atoms with van der Waals surface area (Å²) in [6.07, 6.45) is 0. The predicted molar refractivity (Wildman–Crippen MR) is 206 cm³/mol. The van der Waals surface area contributed by atoms with Crippen molar-refractivity contribution in [3.8, 4) is 11.1 Å². The van der Waals surface area contributed by atoms with Crippen molar-refractivity contribution < 1.29 is 0 Å². The minimum atomic E-state index is -0.182. The first-order valence-corrected chi connectivity index (χ1v) is 16.9. The summed E-state index contributed by atoms with van der Waals surface area (Å²) in [5, 5.41) is 13.1. The minimum Gasteiger partial charge on any atom is -0.310 e. The van der Waals surface area contributed by atoms with Crippen LogP contribution in [0, 0.1) is 0 Å². The second-order valence-electron chi connectivity index (χ2n) is 13.7. The molecule has 0 aliphatic heterocycles. The number of para-hydroxylation sites is 1. The molecule has 10 rings (SSSR count). The zero-order valence-corrected chi connectivity index (χ0v) is 27.0. The van der Waals surface area contributed by atoms with Gasteiger partial charge in [-0.2, -0.15) is 0 Å². The number of benzene rings is 9. The van der Waals surface area contributed by atoms with E-state index in [0.29, 0.717) is 0 Å². The summed E-state index contributed by atoms with van der Waals surface area (Å²) in [5.74, 6) is 0. The van der Waals surface area contributed by atoms with Gasteiger partial charge >= 0.3 is 0 Å². The zero-order chi connectivity index (χ0) is 32.0. The van der Waals surface area contributed by atoms with E-state index < -0.39 is 0 Å². The van der Waals surface area contributed by atoms with E-state index >= 15 is 0 Å². The maximum atomic E-state index is 2.46. The highest BCUT2D eigenvalue weighted by molar-refractivity contribution is 6.34. The third kappa shape index (κ3) is 3.73. The summed E-state index contributed by atoms with van der Waals surface area (Å²) in [5.41, 5.74) is 8.79. The summed E-state index contributed by atoms with van der Waals surface area (Å²) < 4.78 is 0. The molecule has 0 fully saturated rings. The molecule has 0 aromatic heterocycles. The monoisotopic (exact) mass is 611 g/mol. The fourth-order valence-electron chi connectivity index (χ4n) is 8.56. The number of nitrogens with zero attached hydrogens (tertiary/aromatic N) is 1. The van der Waals surface area contributed by atoms with E-state index in [2.05, 4.69) is 183 Å². The van der Waals surface area contributed by atoms with Crippen molar-refractivity contribution in [2.45, 2.75) is 19.3 Å². The molecule has 9 aromatic carbocycles. The number of rotatable bonds is 3. The Balaban J connectivity index is 1.30. The molecular weight excluding hydrogens is 579 g/mol. The van der Waals surface area contributed by atoms with Crippen molar-refractivity contribution in [3.05, 3.63) is 175 Å². The molecule has 0 spiro atoms. The highest BCUT2D eigenvalue weighted by Crippen LogP contribution is 2.55. The van der Waals surface area contributed by atoms with E-state index in [0.717, 1.165) is 5.69 Å². The molecule has 9 aromatic rings. The van der Waals surface area contributed by atoms with Crippen LogP contribution in [0.4, 0.5) is 17.1 Å². The lowest BCUT2D eigenvalue weighted by Gasteiger charge is -2.29. The lowest BCUT2D eigenvalue weighted by Crippen LogP contribution is -2.16. The van der Waals surface area contributed by atoms with Crippen LogP contribution in [0.2, 0.25) is 0 Å². The molecule has 1 aliphatic rings. The molecule has 0 saturated heterocycles. The average Bonchev–Trinajstić information content (AvgIpc) is 3.37. The van der Waals surface area contributed by atoms with Gasteiger partial charge in [-0.15, -0.1) is 0 Å². The standard InChI is InChI=1S/C47H33N/c1-47(2)41-28-27-39-37-21-11-10-20-36(37)38-25-23-31-14-7-9-19-35(31)44(38)46(39)45(41)40-26-24-33(29-42(40)47)48(32-16-4-3-5-17-32)43-22-12-15-30-13-6-8-18-34(30)43/h3-29H,1-2H3. The summed E-state index contributed by atoms with van der Waals surface area (Å²) in [6.45, 7) is 4.80. The van der Waals surface area contributed by atoms with Gasteiger partial charge in [0.2, 0.25) is 0 Å². The predicted octanol–water partition coefficient (Wildman–Crippen LogP) is 13.2. The molecule has 0 unspecified atom stereocenters. The maximum Gasteiger partial charge on any atom is 0.0540 e. The topological polar surface area (TPSA) is 3.24 Å². The summed E-state index contributed by atoms with van der Waals surface area (Å²) >= 11 is 0. The Morgan fingerprint density at radius 3 is 1.77 bits per heavy atom.